The predicted molar refractivity (Wildman–Crippen MR) is 83.0 cm³/mol. The van der Waals surface area contributed by atoms with Crippen LogP contribution in [-0.4, -0.2) is 43.6 Å². The van der Waals surface area contributed by atoms with Crippen LogP contribution in [0.3, 0.4) is 0 Å². The second kappa shape index (κ2) is 6.91. The van der Waals surface area contributed by atoms with E-state index in [1.54, 1.807) is 4.90 Å². The summed E-state index contributed by atoms with van der Waals surface area (Å²) in [4.78, 5) is 27.0. The lowest BCUT2D eigenvalue weighted by molar-refractivity contribution is 0.0601. The van der Waals surface area contributed by atoms with Crippen LogP contribution in [0.15, 0.2) is 0 Å². The highest BCUT2D eigenvalue weighted by Crippen LogP contribution is 2.36. The minimum absolute atomic E-state index is 0.184. The van der Waals surface area contributed by atoms with Gasteiger partial charge in [0.1, 0.15) is 5.00 Å². The van der Waals surface area contributed by atoms with Crippen molar-refractivity contribution in [1.82, 2.24) is 10.2 Å². The summed E-state index contributed by atoms with van der Waals surface area (Å²) in [6, 6.07) is -0.184. The van der Waals surface area contributed by atoms with E-state index in [0.29, 0.717) is 23.7 Å². The number of esters is 1. The first kappa shape index (κ1) is 15.8. The van der Waals surface area contributed by atoms with Crippen LogP contribution in [0.2, 0.25) is 0 Å². The second-order valence-corrected chi connectivity index (χ2v) is 5.83. The lowest BCUT2D eigenvalue weighted by atomic mass is 10.0. The van der Waals surface area contributed by atoms with Crippen molar-refractivity contribution >= 4 is 28.3 Å². The molecule has 0 saturated heterocycles. The molecule has 0 spiro atoms. The van der Waals surface area contributed by atoms with Crippen molar-refractivity contribution in [2.24, 2.45) is 0 Å². The fraction of sp³-hybridized carbons (Fsp3) is 0.571. The van der Waals surface area contributed by atoms with Crippen LogP contribution in [0, 0.1) is 0 Å². The van der Waals surface area contributed by atoms with Gasteiger partial charge in [-0.2, -0.15) is 0 Å². The lowest BCUT2D eigenvalue weighted by Gasteiger charge is -2.19. The Balaban J connectivity index is 2.32. The first-order chi connectivity index (χ1) is 10.1. The van der Waals surface area contributed by atoms with E-state index in [4.69, 9.17) is 4.74 Å². The van der Waals surface area contributed by atoms with Crippen molar-refractivity contribution < 1.29 is 14.3 Å². The molecule has 116 valence electrons. The average Bonchev–Trinajstić information content (AvgIpc) is 2.85. The summed E-state index contributed by atoms with van der Waals surface area (Å²) >= 11 is 1.45. The molecule has 0 aromatic carbocycles. The van der Waals surface area contributed by atoms with Crippen molar-refractivity contribution in [2.75, 3.05) is 32.1 Å². The minimum atomic E-state index is -0.385. The Kier molecular flexibility index (Phi) is 5.19. The van der Waals surface area contributed by atoms with Gasteiger partial charge in [0, 0.05) is 24.5 Å². The Morgan fingerprint density at radius 1 is 1.38 bits per heavy atom. The molecule has 7 heteroatoms. The molecule has 2 rings (SSSR count). The highest BCUT2D eigenvalue weighted by Gasteiger charge is 2.27. The van der Waals surface area contributed by atoms with Gasteiger partial charge in [-0.15, -0.1) is 11.3 Å². The number of thiophene rings is 1. The predicted octanol–water partition coefficient (Wildman–Crippen LogP) is 2.05. The molecular weight excluding hydrogens is 290 g/mol. The van der Waals surface area contributed by atoms with Gasteiger partial charge in [-0.3, -0.25) is 5.32 Å². The van der Waals surface area contributed by atoms with Gasteiger partial charge in [-0.05, 0) is 32.4 Å². The van der Waals surface area contributed by atoms with E-state index in [0.717, 1.165) is 30.0 Å². The van der Waals surface area contributed by atoms with Gasteiger partial charge in [0.2, 0.25) is 0 Å². The van der Waals surface area contributed by atoms with Crippen LogP contribution in [0.4, 0.5) is 9.80 Å². The molecule has 1 aliphatic heterocycles. The topological polar surface area (TPSA) is 70.7 Å². The number of hydrogen-bond acceptors (Lipinski definition) is 5. The number of methoxy groups -OCH3 is 1. The molecule has 21 heavy (non-hydrogen) atoms. The zero-order valence-electron chi connectivity index (χ0n) is 12.6. The number of carbonyl (C=O) groups excluding carboxylic acids is 2. The van der Waals surface area contributed by atoms with Crippen LogP contribution in [0.1, 0.15) is 34.6 Å². The Bertz CT molecular complexity index is 538. The maximum atomic E-state index is 12.2. The van der Waals surface area contributed by atoms with E-state index in [1.165, 1.54) is 18.4 Å². The largest absolute Gasteiger partial charge is 0.465 e. The molecule has 0 aliphatic carbocycles. The van der Waals surface area contributed by atoms with Gasteiger partial charge >= 0.3 is 12.0 Å². The first-order valence-corrected chi connectivity index (χ1v) is 7.93. The van der Waals surface area contributed by atoms with Crippen molar-refractivity contribution in [3.63, 3.8) is 0 Å². The number of anilines is 1. The normalized spacial score (nSPS) is 13.5. The molecule has 0 atom stereocenters. The monoisotopic (exact) mass is 311 g/mol. The average molecular weight is 311 g/mol. The van der Waals surface area contributed by atoms with E-state index in [-0.39, 0.29) is 12.0 Å². The summed E-state index contributed by atoms with van der Waals surface area (Å²) in [5, 5.41) is 6.72. The molecule has 2 N–H and O–H groups in total. The van der Waals surface area contributed by atoms with Gasteiger partial charge in [0.05, 0.1) is 12.7 Å². The molecule has 1 aliphatic rings. The molecular formula is C14H21N3O3S. The number of urea groups is 1. The van der Waals surface area contributed by atoms with E-state index in [2.05, 4.69) is 10.6 Å². The Morgan fingerprint density at radius 2 is 2.10 bits per heavy atom. The third-order valence-corrected chi connectivity index (χ3v) is 4.74. The van der Waals surface area contributed by atoms with Crippen LogP contribution in [0.25, 0.3) is 0 Å². The number of nitrogens with one attached hydrogen (secondary N) is 2. The number of ether oxygens (including phenoxy) is 1. The Hall–Kier alpha value is -1.60. The molecule has 2 amide bonds. The summed E-state index contributed by atoms with van der Waals surface area (Å²) in [6.45, 7) is 6.66. The van der Waals surface area contributed by atoms with E-state index < -0.39 is 0 Å². The van der Waals surface area contributed by atoms with Gasteiger partial charge in [0.25, 0.3) is 0 Å². The third-order valence-electron chi connectivity index (χ3n) is 3.59. The zero-order chi connectivity index (χ0) is 15.4. The molecule has 2 heterocycles. The summed E-state index contributed by atoms with van der Waals surface area (Å²) in [5.74, 6) is -0.385. The molecule has 0 bridgehead atoms. The lowest BCUT2D eigenvalue weighted by Crippen LogP contribution is -2.34. The van der Waals surface area contributed by atoms with Crippen LogP contribution < -0.4 is 10.6 Å². The summed E-state index contributed by atoms with van der Waals surface area (Å²) in [7, 11) is 1.36. The van der Waals surface area contributed by atoms with Crippen molar-refractivity contribution in [3.05, 3.63) is 16.0 Å². The molecule has 0 radical (unpaired) electrons. The maximum Gasteiger partial charge on any atom is 0.341 e. The quantitative estimate of drug-likeness (QED) is 0.835. The highest BCUT2D eigenvalue weighted by molar-refractivity contribution is 7.17. The van der Waals surface area contributed by atoms with Gasteiger partial charge in [0.15, 0.2) is 0 Å². The fourth-order valence-electron chi connectivity index (χ4n) is 2.43. The van der Waals surface area contributed by atoms with Gasteiger partial charge in [-0.1, -0.05) is 0 Å². The molecule has 1 aromatic rings. The SMILES string of the molecule is CCN(CC)C(=O)Nc1sc2c(c1C(=O)OC)CCNC2. The number of nitrogens with zero attached hydrogens (tertiary/aromatic N) is 1. The molecule has 0 unspecified atom stereocenters. The van der Waals surface area contributed by atoms with E-state index >= 15 is 0 Å². The van der Waals surface area contributed by atoms with Crippen molar-refractivity contribution in [2.45, 2.75) is 26.8 Å². The first-order valence-electron chi connectivity index (χ1n) is 7.11. The van der Waals surface area contributed by atoms with Crippen LogP contribution in [-0.2, 0) is 17.7 Å². The summed E-state index contributed by atoms with van der Waals surface area (Å²) in [5.41, 5.74) is 1.51. The Morgan fingerprint density at radius 3 is 2.71 bits per heavy atom. The molecule has 0 fully saturated rings. The highest BCUT2D eigenvalue weighted by atomic mass is 32.1. The van der Waals surface area contributed by atoms with E-state index in [1.807, 2.05) is 13.8 Å². The van der Waals surface area contributed by atoms with Gasteiger partial charge < -0.3 is 15.0 Å². The summed E-state index contributed by atoms with van der Waals surface area (Å²) in [6.07, 6.45) is 0.775. The van der Waals surface area contributed by atoms with Gasteiger partial charge in [-0.25, -0.2) is 9.59 Å². The number of rotatable bonds is 4. The molecule has 0 saturated carbocycles. The van der Waals surface area contributed by atoms with Crippen molar-refractivity contribution in [3.8, 4) is 0 Å². The zero-order valence-corrected chi connectivity index (χ0v) is 13.4. The molecule has 6 nitrogen and oxygen atoms in total. The van der Waals surface area contributed by atoms with Crippen LogP contribution >= 0.6 is 11.3 Å². The smallest absolute Gasteiger partial charge is 0.341 e. The third kappa shape index (κ3) is 3.19. The maximum absolute atomic E-state index is 12.2. The van der Waals surface area contributed by atoms with Crippen LogP contribution in [0.5, 0.6) is 0 Å². The fourth-order valence-corrected chi connectivity index (χ4v) is 3.62. The number of fused-ring (bicyclic) bond motifs is 1. The van der Waals surface area contributed by atoms with E-state index in [9.17, 15) is 9.59 Å². The number of hydrogen-bond donors (Lipinski definition) is 2. The van der Waals surface area contributed by atoms with Crippen molar-refractivity contribution in [1.29, 1.82) is 0 Å². The number of carbonyl (C=O) groups is 2. The second-order valence-electron chi connectivity index (χ2n) is 4.73. The summed E-state index contributed by atoms with van der Waals surface area (Å²) < 4.78 is 4.88. The minimum Gasteiger partial charge on any atom is -0.465 e. The number of amides is 2. The Labute approximate surface area is 128 Å². The standard InChI is InChI=1S/C14H21N3O3S/c1-4-17(5-2)14(19)16-12-11(13(18)20-3)9-6-7-15-8-10(9)21-12/h15H,4-8H2,1-3H3,(H,16,19). The molecule has 1 aromatic heterocycles.